The first-order chi connectivity index (χ1) is 9.65. The van der Waals surface area contributed by atoms with Gasteiger partial charge in [-0.2, -0.15) is 0 Å². The van der Waals surface area contributed by atoms with Crippen LogP contribution in [0.4, 0.5) is 0 Å². The monoisotopic (exact) mass is 270 g/mol. The van der Waals surface area contributed by atoms with Crippen LogP contribution < -0.4 is 0 Å². The zero-order valence-corrected chi connectivity index (χ0v) is 11.5. The van der Waals surface area contributed by atoms with Crippen molar-refractivity contribution in [2.24, 2.45) is 5.92 Å². The molecule has 20 heavy (non-hydrogen) atoms. The molecule has 1 amide bonds. The van der Waals surface area contributed by atoms with Crippen LogP contribution in [-0.4, -0.2) is 40.1 Å². The van der Waals surface area contributed by atoms with Gasteiger partial charge in [0.2, 0.25) is 0 Å². The van der Waals surface area contributed by atoms with Crippen LogP contribution >= 0.6 is 0 Å². The Balaban J connectivity index is 1.85. The first-order valence-electron chi connectivity index (χ1n) is 6.97. The molecule has 4 nitrogen and oxygen atoms in total. The summed E-state index contributed by atoms with van der Waals surface area (Å²) in [6.45, 7) is 3.15. The molecule has 2 aromatic rings. The fourth-order valence-corrected chi connectivity index (χ4v) is 2.62. The van der Waals surface area contributed by atoms with E-state index in [-0.39, 0.29) is 11.8 Å². The van der Waals surface area contributed by atoms with Gasteiger partial charge in [0.25, 0.3) is 5.91 Å². The summed E-state index contributed by atoms with van der Waals surface area (Å²) in [5.74, 6) is 0.251. The molecule has 0 bridgehead atoms. The minimum Gasteiger partial charge on any atom is -0.391 e. The molecule has 0 radical (unpaired) electrons. The number of carbonyl (C=O) groups is 1. The molecule has 2 unspecified atom stereocenters. The van der Waals surface area contributed by atoms with Gasteiger partial charge in [-0.05, 0) is 36.6 Å². The lowest BCUT2D eigenvalue weighted by molar-refractivity contribution is 0.0249. The number of hydrogen-bond donors (Lipinski definition) is 1. The summed E-state index contributed by atoms with van der Waals surface area (Å²) in [7, 11) is 0. The van der Waals surface area contributed by atoms with Crippen LogP contribution in [0.25, 0.3) is 10.9 Å². The smallest absolute Gasteiger partial charge is 0.253 e. The lowest BCUT2D eigenvalue weighted by Gasteiger charge is -2.34. The number of piperidine rings is 1. The number of aliphatic hydroxyl groups excluding tert-OH is 1. The quantitative estimate of drug-likeness (QED) is 0.863. The van der Waals surface area contributed by atoms with Crippen molar-refractivity contribution in [1.29, 1.82) is 0 Å². The number of carbonyl (C=O) groups excluding carboxylic acids is 1. The van der Waals surface area contributed by atoms with E-state index in [1.165, 1.54) is 0 Å². The molecule has 2 atom stereocenters. The van der Waals surface area contributed by atoms with Crippen molar-refractivity contribution in [1.82, 2.24) is 9.88 Å². The molecule has 1 aromatic heterocycles. The minimum absolute atomic E-state index is 0.0123. The van der Waals surface area contributed by atoms with E-state index in [0.29, 0.717) is 18.7 Å². The standard InChI is InChI=1S/C16H18N2O2/c1-11-6-8-18(10-15(11)19)16(20)13-4-5-14-12(9-13)3-2-7-17-14/h2-5,7,9,11,15,19H,6,8,10H2,1H3. The molecule has 4 heteroatoms. The van der Waals surface area contributed by atoms with Gasteiger partial charge in [-0.3, -0.25) is 9.78 Å². The lowest BCUT2D eigenvalue weighted by atomic mass is 9.95. The largest absolute Gasteiger partial charge is 0.391 e. The van der Waals surface area contributed by atoms with Crippen LogP contribution in [0.5, 0.6) is 0 Å². The van der Waals surface area contributed by atoms with E-state index in [9.17, 15) is 9.90 Å². The molecule has 0 spiro atoms. The van der Waals surface area contributed by atoms with Crippen LogP contribution in [0.15, 0.2) is 36.5 Å². The maximum absolute atomic E-state index is 12.5. The Labute approximate surface area is 118 Å². The zero-order chi connectivity index (χ0) is 14.1. The van der Waals surface area contributed by atoms with E-state index in [2.05, 4.69) is 4.98 Å². The highest BCUT2D eigenvalue weighted by molar-refractivity contribution is 5.98. The average molecular weight is 270 g/mol. The third-order valence-electron chi connectivity index (χ3n) is 4.06. The Morgan fingerprint density at radius 3 is 3.05 bits per heavy atom. The molecule has 1 aliphatic rings. The van der Waals surface area contributed by atoms with Gasteiger partial charge in [0.05, 0.1) is 11.6 Å². The van der Waals surface area contributed by atoms with E-state index in [4.69, 9.17) is 0 Å². The van der Waals surface area contributed by atoms with Gasteiger partial charge in [-0.1, -0.05) is 13.0 Å². The molecule has 1 N–H and O–H groups in total. The predicted molar refractivity (Wildman–Crippen MR) is 77.4 cm³/mol. The molecule has 2 heterocycles. The number of likely N-dealkylation sites (tertiary alicyclic amines) is 1. The number of benzene rings is 1. The first kappa shape index (κ1) is 13.1. The Morgan fingerprint density at radius 2 is 2.25 bits per heavy atom. The zero-order valence-electron chi connectivity index (χ0n) is 11.5. The van der Waals surface area contributed by atoms with Crippen LogP contribution in [0, 0.1) is 5.92 Å². The van der Waals surface area contributed by atoms with Crippen molar-refractivity contribution >= 4 is 16.8 Å². The average Bonchev–Trinajstić information content (AvgIpc) is 2.49. The highest BCUT2D eigenvalue weighted by Crippen LogP contribution is 2.20. The fraction of sp³-hybridized carbons (Fsp3) is 0.375. The van der Waals surface area contributed by atoms with Gasteiger partial charge in [0.15, 0.2) is 0 Å². The van der Waals surface area contributed by atoms with Gasteiger partial charge in [0.1, 0.15) is 0 Å². The molecular weight excluding hydrogens is 252 g/mol. The maximum Gasteiger partial charge on any atom is 0.253 e. The van der Waals surface area contributed by atoms with Crippen molar-refractivity contribution in [2.75, 3.05) is 13.1 Å². The number of β-amino-alcohol motifs (C(OH)–C–C–N with tert-alkyl or cyclic N) is 1. The number of pyridine rings is 1. The normalized spacial score (nSPS) is 23.0. The Morgan fingerprint density at radius 1 is 1.40 bits per heavy atom. The van der Waals surface area contributed by atoms with E-state index in [0.717, 1.165) is 17.3 Å². The van der Waals surface area contributed by atoms with Crippen molar-refractivity contribution in [2.45, 2.75) is 19.4 Å². The minimum atomic E-state index is -0.421. The van der Waals surface area contributed by atoms with Gasteiger partial charge in [-0.15, -0.1) is 0 Å². The number of nitrogens with zero attached hydrogens (tertiary/aromatic N) is 2. The van der Waals surface area contributed by atoms with Crippen LogP contribution in [0.2, 0.25) is 0 Å². The summed E-state index contributed by atoms with van der Waals surface area (Å²) in [5.41, 5.74) is 1.55. The van der Waals surface area contributed by atoms with E-state index in [1.54, 1.807) is 11.1 Å². The Bertz CT molecular complexity index is 641. The van der Waals surface area contributed by atoms with Crippen LogP contribution in [0.3, 0.4) is 0 Å². The summed E-state index contributed by atoms with van der Waals surface area (Å²) in [6.07, 6.45) is 2.17. The van der Waals surface area contributed by atoms with Gasteiger partial charge in [0, 0.05) is 30.2 Å². The first-order valence-corrected chi connectivity index (χ1v) is 6.97. The summed E-state index contributed by atoms with van der Waals surface area (Å²) >= 11 is 0. The van der Waals surface area contributed by atoms with Crippen molar-refractivity contribution < 1.29 is 9.90 Å². The third-order valence-corrected chi connectivity index (χ3v) is 4.06. The third kappa shape index (κ3) is 2.39. The number of amides is 1. The van der Waals surface area contributed by atoms with Crippen LogP contribution in [0.1, 0.15) is 23.7 Å². The number of rotatable bonds is 1. The molecule has 0 aliphatic carbocycles. The second-order valence-electron chi connectivity index (χ2n) is 5.50. The number of fused-ring (bicyclic) bond motifs is 1. The van der Waals surface area contributed by atoms with Gasteiger partial charge >= 0.3 is 0 Å². The number of aromatic nitrogens is 1. The topological polar surface area (TPSA) is 53.4 Å². The molecule has 3 rings (SSSR count). The van der Waals surface area contributed by atoms with E-state index in [1.807, 2.05) is 37.3 Å². The Hall–Kier alpha value is -1.94. The molecule has 1 aromatic carbocycles. The summed E-state index contributed by atoms with van der Waals surface area (Å²) in [5, 5.41) is 10.9. The summed E-state index contributed by atoms with van der Waals surface area (Å²) < 4.78 is 0. The Kier molecular flexibility index (Phi) is 3.40. The predicted octanol–water partition coefficient (Wildman–Crippen LogP) is 2.08. The maximum atomic E-state index is 12.5. The van der Waals surface area contributed by atoms with Crippen molar-refractivity contribution in [3.63, 3.8) is 0 Å². The molecule has 1 saturated heterocycles. The van der Waals surface area contributed by atoms with Crippen molar-refractivity contribution in [3.05, 3.63) is 42.1 Å². The molecule has 1 aliphatic heterocycles. The summed E-state index contributed by atoms with van der Waals surface area (Å²) in [6, 6.07) is 9.36. The number of aliphatic hydroxyl groups is 1. The molecular formula is C16H18N2O2. The van der Waals surface area contributed by atoms with Gasteiger partial charge in [-0.25, -0.2) is 0 Å². The number of hydrogen-bond acceptors (Lipinski definition) is 3. The van der Waals surface area contributed by atoms with E-state index < -0.39 is 6.10 Å². The lowest BCUT2D eigenvalue weighted by Crippen LogP contribution is -2.45. The fourth-order valence-electron chi connectivity index (χ4n) is 2.62. The van der Waals surface area contributed by atoms with Gasteiger partial charge < -0.3 is 10.0 Å². The van der Waals surface area contributed by atoms with E-state index >= 15 is 0 Å². The highest BCUT2D eigenvalue weighted by atomic mass is 16.3. The molecule has 0 saturated carbocycles. The second kappa shape index (κ2) is 5.21. The summed E-state index contributed by atoms with van der Waals surface area (Å²) in [4.78, 5) is 18.5. The SMILES string of the molecule is CC1CCN(C(=O)c2ccc3ncccc3c2)CC1O. The molecule has 1 fully saturated rings. The second-order valence-corrected chi connectivity index (χ2v) is 5.50. The van der Waals surface area contributed by atoms with Crippen LogP contribution in [-0.2, 0) is 0 Å². The van der Waals surface area contributed by atoms with Crippen molar-refractivity contribution in [3.8, 4) is 0 Å². The molecule has 104 valence electrons. The highest BCUT2D eigenvalue weighted by Gasteiger charge is 2.27.